The molecule has 3 nitrogen and oxygen atoms in total. The fourth-order valence-corrected chi connectivity index (χ4v) is 1.06. The Bertz CT molecular complexity index is 114. The summed E-state index contributed by atoms with van der Waals surface area (Å²) in [6.45, 7) is 1.90. The number of halogens is 2. The van der Waals surface area contributed by atoms with Gasteiger partial charge in [-0.3, -0.25) is 11.3 Å². The van der Waals surface area contributed by atoms with Crippen molar-refractivity contribution in [2.75, 3.05) is 13.2 Å². The fourth-order valence-electron chi connectivity index (χ4n) is 1.06. The molecule has 0 saturated carbocycles. The van der Waals surface area contributed by atoms with Crippen LogP contribution in [-0.2, 0) is 4.74 Å². The molecule has 0 radical (unpaired) electrons. The van der Waals surface area contributed by atoms with E-state index in [1.807, 2.05) is 6.92 Å². The molecule has 13 heavy (non-hydrogen) atoms. The third kappa shape index (κ3) is 8.08. The van der Waals surface area contributed by atoms with Crippen molar-refractivity contribution in [2.24, 2.45) is 5.84 Å². The van der Waals surface area contributed by atoms with E-state index in [1.54, 1.807) is 0 Å². The van der Waals surface area contributed by atoms with Crippen LogP contribution < -0.4 is 11.3 Å². The number of hydrogen-bond donors (Lipinski definition) is 2. The Morgan fingerprint density at radius 1 is 1.38 bits per heavy atom. The third-order valence-electron chi connectivity index (χ3n) is 1.73. The quantitative estimate of drug-likeness (QED) is 0.349. The minimum Gasteiger partial charge on any atom is -0.375 e. The van der Waals surface area contributed by atoms with Crippen molar-refractivity contribution < 1.29 is 13.5 Å². The lowest BCUT2D eigenvalue weighted by Gasteiger charge is -2.14. The normalized spacial score (nSPS) is 13.6. The molecule has 0 fully saturated rings. The molecule has 1 atom stereocenters. The van der Waals surface area contributed by atoms with E-state index in [0.717, 1.165) is 12.8 Å². The number of nitrogens with one attached hydrogen (secondary N) is 1. The number of hydrazine groups is 1. The topological polar surface area (TPSA) is 47.3 Å². The van der Waals surface area contributed by atoms with Gasteiger partial charge in [0.2, 0.25) is 0 Å². The van der Waals surface area contributed by atoms with Crippen LogP contribution in [0.2, 0.25) is 0 Å². The molecule has 0 aromatic carbocycles. The number of rotatable bonds is 8. The van der Waals surface area contributed by atoms with E-state index >= 15 is 0 Å². The smallest absolute Gasteiger partial charge is 0.261 e. The molecule has 0 aliphatic carbocycles. The molecule has 0 aliphatic rings. The Hall–Kier alpha value is -0.260. The molecule has 0 saturated heterocycles. The van der Waals surface area contributed by atoms with Gasteiger partial charge in [0.05, 0.1) is 0 Å². The zero-order chi connectivity index (χ0) is 10.1. The largest absolute Gasteiger partial charge is 0.375 e. The monoisotopic (exact) mass is 196 g/mol. The molecule has 0 amide bonds. The van der Waals surface area contributed by atoms with Crippen LogP contribution in [0.1, 0.15) is 26.2 Å². The predicted molar refractivity (Wildman–Crippen MR) is 47.5 cm³/mol. The molecule has 0 aromatic heterocycles. The van der Waals surface area contributed by atoms with E-state index in [-0.39, 0.29) is 6.04 Å². The maximum Gasteiger partial charge on any atom is 0.261 e. The third-order valence-corrected chi connectivity index (χ3v) is 1.73. The number of hydrogen-bond acceptors (Lipinski definition) is 3. The minimum absolute atomic E-state index is 0.169. The lowest BCUT2D eigenvalue weighted by Crippen LogP contribution is -2.35. The first-order valence-electron chi connectivity index (χ1n) is 4.52. The number of ether oxygens (including phenoxy) is 1. The summed E-state index contributed by atoms with van der Waals surface area (Å²) in [7, 11) is 0. The Morgan fingerprint density at radius 2 is 2.08 bits per heavy atom. The van der Waals surface area contributed by atoms with E-state index in [1.165, 1.54) is 0 Å². The van der Waals surface area contributed by atoms with Gasteiger partial charge in [-0.25, -0.2) is 8.78 Å². The average molecular weight is 196 g/mol. The zero-order valence-electron chi connectivity index (χ0n) is 7.93. The molecule has 0 rings (SSSR count). The molecule has 0 aromatic rings. The van der Waals surface area contributed by atoms with Gasteiger partial charge in [0.25, 0.3) is 6.43 Å². The molecule has 1 unspecified atom stereocenters. The van der Waals surface area contributed by atoms with Crippen molar-refractivity contribution in [3.63, 3.8) is 0 Å². The molecule has 3 N–H and O–H groups in total. The standard InChI is InChI=1S/C8H18F2N2O/c1-2-3-7(12-11)4-5-13-6-8(9)10/h7-8,12H,2-6,11H2,1H3. The first-order chi connectivity index (χ1) is 6.20. The maximum atomic E-state index is 11.6. The van der Waals surface area contributed by atoms with Gasteiger partial charge in [-0.15, -0.1) is 0 Å². The van der Waals surface area contributed by atoms with Gasteiger partial charge in [0, 0.05) is 12.6 Å². The molecular formula is C8H18F2N2O. The summed E-state index contributed by atoms with van der Waals surface area (Å²) in [6, 6.07) is 0.169. The van der Waals surface area contributed by atoms with Gasteiger partial charge < -0.3 is 4.74 Å². The van der Waals surface area contributed by atoms with Gasteiger partial charge >= 0.3 is 0 Å². The zero-order valence-corrected chi connectivity index (χ0v) is 7.93. The molecule has 0 aliphatic heterocycles. The van der Waals surface area contributed by atoms with Crippen molar-refractivity contribution in [3.05, 3.63) is 0 Å². The minimum atomic E-state index is -2.38. The van der Waals surface area contributed by atoms with Gasteiger partial charge in [-0.05, 0) is 12.8 Å². The molecule has 5 heteroatoms. The second-order valence-electron chi connectivity index (χ2n) is 2.91. The summed E-state index contributed by atoms with van der Waals surface area (Å²) in [4.78, 5) is 0. The number of alkyl halides is 2. The van der Waals surface area contributed by atoms with E-state index in [2.05, 4.69) is 5.43 Å². The van der Waals surface area contributed by atoms with Crippen LogP contribution >= 0.6 is 0 Å². The van der Waals surface area contributed by atoms with Crippen molar-refractivity contribution in [2.45, 2.75) is 38.7 Å². The summed E-state index contributed by atoms with van der Waals surface area (Å²) in [5.74, 6) is 5.25. The fraction of sp³-hybridized carbons (Fsp3) is 1.00. The molecule has 0 bridgehead atoms. The lowest BCUT2D eigenvalue weighted by atomic mass is 10.1. The van der Waals surface area contributed by atoms with Crippen LogP contribution in [0, 0.1) is 0 Å². The summed E-state index contributed by atoms with van der Waals surface area (Å²) in [5, 5.41) is 0. The summed E-state index contributed by atoms with van der Waals surface area (Å²) in [6.07, 6.45) is 0.255. The lowest BCUT2D eigenvalue weighted by molar-refractivity contribution is 0.0142. The van der Waals surface area contributed by atoms with Gasteiger partial charge in [-0.1, -0.05) is 13.3 Å². The van der Waals surface area contributed by atoms with E-state index in [0.29, 0.717) is 13.0 Å². The van der Waals surface area contributed by atoms with Crippen molar-refractivity contribution >= 4 is 0 Å². The first-order valence-corrected chi connectivity index (χ1v) is 4.52. The highest BCUT2D eigenvalue weighted by atomic mass is 19.3. The highest BCUT2D eigenvalue weighted by molar-refractivity contribution is 4.61. The van der Waals surface area contributed by atoms with Crippen LogP contribution in [0.15, 0.2) is 0 Å². The summed E-state index contributed by atoms with van der Waals surface area (Å²) < 4.78 is 28.0. The molecular weight excluding hydrogens is 178 g/mol. The molecule has 80 valence electrons. The van der Waals surface area contributed by atoms with Crippen LogP contribution in [0.3, 0.4) is 0 Å². The van der Waals surface area contributed by atoms with Crippen molar-refractivity contribution in [3.8, 4) is 0 Å². The summed E-state index contributed by atoms with van der Waals surface area (Å²) in [5.41, 5.74) is 2.62. The SMILES string of the molecule is CCCC(CCOCC(F)F)NN. The van der Waals surface area contributed by atoms with E-state index in [9.17, 15) is 8.78 Å². The first kappa shape index (κ1) is 12.7. The van der Waals surface area contributed by atoms with Crippen molar-refractivity contribution in [1.82, 2.24) is 5.43 Å². The van der Waals surface area contributed by atoms with Crippen LogP contribution in [0.4, 0.5) is 8.78 Å². The molecule has 0 heterocycles. The van der Waals surface area contributed by atoms with Crippen LogP contribution in [0.5, 0.6) is 0 Å². The summed E-state index contributed by atoms with van der Waals surface area (Å²) >= 11 is 0. The van der Waals surface area contributed by atoms with Crippen LogP contribution in [0.25, 0.3) is 0 Å². The average Bonchev–Trinajstić information content (AvgIpc) is 2.10. The molecule has 0 spiro atoms. The maximum absolute atomic E-state index is 11.6. The second-order valence-corrected chi connectivity index (χ2v) is 2.91. The van der Waals surface area contributed by atoms with Gasteiger partial charge in [0.15, 0.2) is 0 Å². The number of nitrogens with two attached hydrogens (primary N) is 1. The van der Waals surface area contributed by atoms with Gasteiger partial charge in [0.1, 0.15) is 6.61 Å². The highest BCUT2D eigenvalue weighted by Gasteiger charge is 2.06. The van der Waals surface area contributed by atoms with E-state index < -0.39 is 13.0 Å². The van der Waals surface area contributed by atoms with Crippen molar-refractivity contribution in [1.29, 1.82) is 0 Å². The Morgan fingerprint density at radius 3 is 2.54 bits per heavy atom. The van der Waals surface area contributed by atoms with Crippen LogP contribution in [-0.4, -0.2) is 25.7 Å². The Kier molecular flexibility index (Phi) is 8.18. The second kappa shape index (κ2) is 8.34. The predicted octanol–water partition coefficient (Wildman–Crippen LogP) is 1.29. The highest BCUT2D eigenvalue weighted by Crippen LogP contribution is 2.01. The van der Waals surface area contributed by atoms with E-state index in [4.69, 9.17) is 10.6 Å². The Labute approximate surface area is 77.6 Å². The Balaban J connectivity index is 3.27. The van der Waals surface area contributed by atoms with Gasteiger partial charge in [-0.2, -0.15) is 0 Å².